The molecule has 1 nitrogen and oxygen atoms in total. The van der Waals surface area contributed by atoms with Crippen LogP contribution < -0.4 is 0 Å². The van der Waals surface area contributed by atoms with Crippen molar-refractivity contribution in [3.05, 3.63) is 35.5 Å². The van der Waals surface area contributed by atoms with E-state index in [1.807, 2.05) is 0 Å². The van der Waals surface area contributed by atoms with Crippen LogP contribution >= 0.6 is 11.6 Å². The average molecular weight is 241 g/mol. The Morgan fingerprint density at radius 1 is 1.50 bits per heavy atom. The molecule has 1 heterocycles. The highest BCUT2D eigenvalue weighted by atomic mass is 35.5. The molecule has 0 spiro atoms. The van der Waals surface area contributed by atoms with Crippen LogP contribution in [0.25, 0.3) is 0 Å². The normalized spacial score (nSPS) is 22.9. The third-order valence-corrected chi connectivity index (χ3v) is 3.13. The first-order valence-electron chi connectivity index (χ1n) is 5.79. The van der Waals surface area contributed by atoms with E-state index >= 15 is 0 Å². The number of halogens is 1. The SMILES string of the molecule is C=C1COC(/C=C(\C)CC/C=C(\C)CCl)C1. The second-order valence-corrected chi connectivity index (χ2v) is 4.81. The molecule has 2 heteroatoms. The zero-order valence-corrected chi connectivity index (χ0v) is 11.0. The Hall–Kier alpha value is -0.530. The molecule has 1 atom stereocenters. The van der Waals surface area contributed by atoms with Crippen LogP contribution in [0, 0.1) is 0 Å². The minimum absolute atomic E-state index is 0.255. The van der Waals surface area contributed by atoms with Crippen LogP contribution in [0.15, 0.2) is 35.5 Å². The molecule has 1 rings (SSSR count). The first-order valence-corrected chi connectivity index (χ1v) is 6.32. The maximum absolute atomic E-state index is 5.71. The fourth-order valence-electron chi connectivity index (χ4n) is 1.74. The fraction of sp³-hybridized carbons (Fsp3) is 0.571. The van der Waals surface area contributed by atoms with E-state index in [0.717, 1.165) is 25.9 Å². The van der Waals surface area contributed by atoms with Crippen molar-refractivity contribution in [3.8, 4) is 0 Å². The van der Waals surface area contributed by atoms with Crippen LogP contribution in [0.5, 0.6) is 0 Å². The summed E-state index contributed by atoms with van der Waals surface area (Å²) in [5.74, 6) is 0.633. The third-order valence-electron chi connectivity index (χ3n) is 2.70. The largest absolute Gasteiger partial charge is 0.369 e. The van der Waals surface area contributed by atoms with Gasteiger partial charge in [-0.1, -0.05) is 29.9 Å². The Balaban J connectivity index is 2.31. The molecule has 0 aliphatic carbocycles. The van der Waals surface area contributed by atoms with Gasteiger partial charge in [0, 0.05) is 12.3 Å². The van der Waals surface area contributed by atoms with Gasteiger partial charge in [0.25, 0.3) is 0 Å². The Kier molecular flexibility index (Phi) is 5.86. The van der Waals surface area contributed by atoms with Crippen molar-refractivity contribution >= 4 is 11.6 Å². The molecule has 90 valence electrons. The maximum atomic E-state index is 5.71. The minimum Gasteiger partial charge on any atom is -0.369 e. The molecule has 1 aliphatic heterocycles. The third kappa shape index (κ3) is 5.00. The van der Waals surface area contributed by atoms with E-state index in [2.05, 4.69) is 32.6 Å². The van der Waals surface area contributed by atoms with E-state index in [-0.39, 0.29) is 6.10 Å². The Bertz CT molecular complexity index is 302. The molecule has 0 aromatic rings. The summed E-state index contributed by atoms with van der Waals surface area (Å²) in [5, 5.41) is 0. The number of alkyl halides is 1. The van der Waals surface area contributed by atoms with Gasteiger partial charge in [0.05, 0.1) is 12.7 Å². The van der Waals surface area contributed by atoms with Gasteiger partial charge in [0.1, 0.15) is 0 Å². The number of allylic oxidation sites excluding steroid dienone is 3. The minimum atomic E-state index is 0.255. The summed E-state index contributed by atoms with van der Waals surface area (Å²) < 4.78 is 5.57. The maximum Gasteiger partial charge on any atom is 0.0800 e. The summed E-state index contributed by atoms with van der Waals surface area (Å²) in [6, 6.07) is 0. The average Bonchev–Trinajstić information content (AvgIpc) is 2.63. The summed E-state index contributed by atoms with van der Waals surface area (Å²) in [7, 11) is 0. The topological polar surface area (TPSA) is 9.23 Å². The fourth-order valence-corrected chi connectivity index (χ4v) is 1.84. The highest BCUT2D eigenvalue weighted by molar-refractivity contribution is 6.19. The summed E-state index contributed by atoms with van der Waals surface area (Å²) >= 11 is 5.71. The highest BCUT2D eigenvalue weighted by Gasteiger charge is 2.15. The first kappa shape index (κ1) is 13.5. The van der Waals surface area contributed by atoms with Gasteiger partial charge in [0.2, 0.25) is 0 Å². The molecule has 16 heavy (non-hydrogen) atoms. The lowest BCUT2D eigenvalue weighted by molar-refractivity contribution is 0.149. The molecule has 0 radical (unpaired) electrons. The standard InChI is InChI=1S/C14H21ClO/c1-11(5-4-6-12(2)9-15)7-14-8-13(3)10-16-14/h6-7,14H,3-5,8-10H2,1-2H3/b11-7+,12-6+. The summed E-state index contributed by atoms with van der Waals surface area (Å²) in [6.07, 6.45) is 7.81. The Morgan fingerprint density at radius 2 is 2.25 bits per heavy atom. The molecule has 1 aliphatic rings. The molecule has 0 aromatic carbocycles. The lowest BCUT2D eigenvalue weighted by atomic mass is 10.1. The molecule has 0 saturated carbocycles. The molecule has 1 saturated heterocycles. The second-order valence-electron chi connectivity index (χ2n) is 4.54. The molecule has 0 aromatic heterocycles. The van der Waals surface area contributed by atoms with Crippen LogP contribution in [0.1, 0.15) is 33.1 Å². The molecule has 0 amide bonds. The van der Waals surface area contributed by atoms with Gasteiger partial charge in [0.15, 0.2) is 0 Å². The number of hydrogen-bond acceptors (Lipinski definition) is 1. The van der Waals surface area contributed by atoms with Gasteiger partial charge in [-0.15, -0.1) is 11.6 Å². The summed E-state index contributed by atoms with van der Waals surface area (Å²) in [6.45, 7) is 8.88. The predicted molar refractivity (Wildman–Crippen MR) is 71.0 cm³/mol. The lowest BCUT2D eigenvalue weighted by Gasteiger charge is -2.05. The van der Waals surface area contributed by atoms with Gasteiger partial charge >= 0.3 is 0 Å². The Morgan fingerprint density at radius 3 is 2.81 bits per heavy atom. The zero-order chi connectivity index (χ0) is 12.0. The van der Waals surface area contributed by atoms with Gasteiger partial charge in [-0.3, -0.25) is 0 Å². The second kappa shape index (κ2) is 6.93. The van der Waals surface area contributed by atoms with Gasteiger partial charge in [-0.25, -0.2) is 0 Å². The zero-order valence-electron chi connectivity index (χ0n) is 10.3. The number of hydrogen-bond donors (Lipinski definition) is 0. The lowest BCUT2D eigenvalue weighted by Crippen LogP contribution is -2.00. The quantitative estimate of drug-likeness (QED) is 0.516. The molecule has 0 bridgehead atoms. The molecular formula is C14H21ClO. The van der Waals surface area contributed by atoms with Crippen LogP contribution in [-0.2, 0) is 4.74 Å². The van der Waals surface area contributed by atoms with E-state index in [0.29, 0.717) is 5.88 Å². The van der Waals surface area contributed by atoms with E-state index in [4.69, 9.17) is 16.3 Å². The van der Waals surface area contributed by atoms with E-state index in [1.165, 1.54) is 16.7 Å². The van der Waals surface area contributed by atoms with Crippen molar-refractivity contribution in [2.45, 2.75) is 39.2 Å². The van der Waals surface area contributed by atoms with E-state index < -0.39 is 0 Å². The molecule has 1 fully saturated rings. The van der Waals surface area contributed by atoms with E-state index in [1.54, 1.807) is 0 Å². The van der Waals surface area contributed by atoms with Crippen LogP contribution in [0.3, 0.4) is 0 Å². The van der Waals surface area contributed by atoms with Crippen LogP contribution in [0.4, 0.5) is 0 Å². The Labute approximate surface area is 104 Å². The molecular weight excluding hydrogens is 220 g/mol. The van der Waals surface area contributed by atoms with Gasteiger partial charge in [-0.05, 0) is 32.3 Å². The van der Waals surface area contributed by atoms with Crippen molar-refractivity contribution in [3.63, 3.8) is 0 Å². The monoisotopic (exact) mass is 240 g/mol. The smallest absolute Gasteiger partial charge is 0.0800 e. The van der Waals surface area contributed by atoms with Gasteiger partial charge < -0.3 is 4.74 Å². The summed E-state index contributed by atoms with van der Waals surface area (Å²) in [5.41, 5.74) is 3.84. The highest BCUT2D eigenvalue weighted by Crippen LogP contribution is 2.20. The molecule has 0 N–H and O–H groups in total. The van der Waals surface area contributed by atoms with Crippen molar-refractivity contribution in [1.29, 1.82) is 0 Å². The van der Waals surface area contributed by atoms with E-state index in [9.17, 15) is 0 Å². The molecule has 1 unspecified atom stereocenters. The van der Waals surface area contributed by atoms with Crippen LogP contribution in [-0.4, -0.2) is 18.6 Å². The van der Waals surface area contributed by atoms with Gasteiger partial charge in [-0.2, -0.15) is 0 Å². The number of ether oxygens (including phenoxy) is 1. The van der Waals surface area contributed by atoms with Crippen LogP contribution in [0.2, 0.25) is 0 Å². The van der Waals surface area contributed by atoms with Crippen molar-refractivity contribution < 1.29 is 4.74 Å². The van der Waals surface area contributed by atoms with Crippen molar-refractivity contribution in [1.82, 2.24) is 0 Å². The van der Waals surface area contributed by atoms with Crippen molar-refractivity contribution in [2.75, 3.05) is 12.5 Å². The summed E-state index contributed by atoms with van der Waals surface area (Å²) in [4.78, 5) is 0. The number of rotatable bonds is 5. The first-order chi connectivity index (χ1) is 7.61. The predicted octanol–water partition coefficient (Wildman–Crippen LogP) is 4.24. The van der Waals surface area contributed by atoms with Crippen molar-refractivity contribution in [2.24, 2.45) is 0 Å².